The molecule has 0 rings (SSSR count). The topological polar surface area (TPSA) is 59.0 Å². The standard InChI is InChI=1S/C27H55NO4Si2/c1-21(2)34(22(3)4,23(5)6)31-19-14-15-25(17-20-33(11,12)13)28(24(7)16-18-29)26(30)32-27(8,9)10/h21-25,29H,14-16,18-19H2,1-13H3/t24-,25+/m0/s1. The molecule has 0 aromatic carbocycles. The van der Waals surface area contributed by atoms with Gasteiger partial charge in [-0.25, -0.2) is 4.79 Å². The monoisotopic (exact) mass is 513 g/mol. The summed E-state index contributed by atoms with van der Waals surface area (Å²) in [5, 5.41) is 9.58. The largest absolute Gasteiger partial charge is 0.444 e. The summed E-state index contributed by atoms with van der Waals surface area (Å²) in [4.78, 5) is 15.0. The maximum absolute atomic E-state index is 13.2. The summed E-state index contributed by atoms with van der Waals surface area (Å²) in [6, 6.07) is -0.433. The molecule has 0 aliphatic heterocycles. The molecule has 0 spiro atoms. The Balaban J connectivity index is 5.86. The molecule has 0 fully saturated rings. The van der Waals surface area contributed by atoms with Gasteiger partial charge in [0, 0.05) is 19.3 Å². The van der Waals surface area contributed by atoms with Crippen LogP contribution >= 0.6 is 0 Å². The van der Waals surface area contributed by atoms with Crippen LogP contribution in [-0.4, -0.2) is 63.4 Å². The van der Waals surface area contributed by atoms with Crippen molar-refractivity contribution in [3.05, 3.63) is 0 Å². The van der Waals surface area contributed by atoms with Crippen molar-refractivity contribution in [2.45, 2.75) is 142 Å². The van der Waals surface area contributed by atoms with Crippen LogP contribution in [0.3, 0.4) is 0 Å². The Hall–Kier alpha value is -0.816. The fourth-order valence-corrected chi connectivity index (χ4v) is 11.0. The Bertz CT molecular complexity index is 647. The number of aliphatic hydroxyl groups excluding tert-OH is 1. The molecule has 0 bridgehead atoms. The maximum Gasteiger partial charge on any atom is 0.411 e. The quantitative estimate of drug-likeness (QED) is 0.170. The van der Waals surface area contributed by atoms with E-state index in [-0.39, 0.29) is 24.8 Å². The highest BCUT2D eigenvalue weighted by Crippen LogP contribution is 2.42. The highest BCUT2D eigenvalue weighted by Gasteiger charge is 2.44. The zero-order chi connectivity index (χ0) is 26.9. The van der Waals surface area contributed by atoms with Gasteiger partial charge in [-0.3, -0.25) is 4.90 Å². The van der Waals surface area contributed by atoms with Crippen molar-refractivity contribution in [2.75, 3.05) is 13.2 Å². The molecule has 200 valence electrons. The lowest BCUT2D eigenvalue weighted by Crippen LogP contribution is -2.49. The molecule has 1 amide bonds. The van der Waals surface area contributed by atoms with E-state index in [1.165, 1.54) is 0 Å². The number of amides is 1. The maximum atomic E-state index is 13.2. The van der Waals surface area contributed by atoms with Gasteiger partial charge >= 0.3 is 6.09 Å². The van der Waals surface area contributed by atoms with E-state index < -0.39 is 22.0 Å². The second-order valence-electron chi connectivity index (χ2n) is 12.6. The molecule has 0 aromatic heterocycles. The summed E-state index contributed by atoms with van der Waals surface area (Å²) in [5.74, 6) is 3.44. The van der Waals surface area contributed by atoms with Gasteiger partial charge in [-0.15, -0.1) is 5.54 Å². The van der Waals surface area contributed by atoms with Crippen LogP contribution in [0.4, 0.5) is 4.79 Å². The van der Waals surface area contributed by atoms with Crippen molar-refractivity contribution in [2.24, 2.45) is 0 Å². The van der Waals surface area contributed by atoms with Crippen LogP contribution in [0.2, 0.25) is 36.3 Å². The number of aliphatic hydroxyl groups is 1. The Morgan fingerprint density at radius 1 is 0.941 bits per heavy atom. The number of hydrogen-bond donors (Lipinski definition) is 1. The smallest absolute Gasteiger partial charge is 0.411 e. The first-order chi connectivity index (χ1) is 15.4. The second kappa shape index (κ2) is 14.1. The van der Waals surface area contributed by atoms with Gasteiger partial charge < -0.3 is 14.3 Å². The SMILES string of the molecule is CC(C)[Si](OCCC[C@H](C#C[Si](C)(C)C)N(C(=O)OC(C)(C)C)[C@@H](C)CCO)(C(C)C)C(C)C. The molecule has 34 heavy (non-hydrogen) atoms. The highest BCUT2D eigenvalue weighted by atomic mass is 28.4. The van der Waals surface area contributed by atoms with Crippen LogP contribution in [0.5, 0.6) is 0 Å². The Morgan fingerprint density at radius 2 is 1.44 bits per heavy atom. The van der Waals surface area contributed by atoms with Gasteiger partial charge in [0.2, 0.25) is 0 Å². The van der Waals surface area contributed by atoms with Gasteiger partial charge in [0.15, 0.2) is 8.32 Å². The van der Waals surface area contributed by atoms with E-state index in [2.05, 4.69) is 72.6 Å². The predicted molar refractivity (Wildman–Crippen MR) is 150 cm³/mol. The molecule has 2 atom stereocenters. The van der Waals surface area contributed by atoms with Gasteiger partial charge in [-0.2, -0.15) is 0 Å². The summed E-state index contributed by atoms with van der Waals surface area (Å²) in [6.45, 7) is 28.7. The van der Waals surface area contributed by atoms with Crippen LogP contribution in [0, 0.1) is 11.5 Å². The van der Waals surface area contributed by atoms with Crippen molar-refractivity contribution in [1.82, 2.24) is 4.90 Å². The number of carbonyl (C=O) groups is 1. The first-order valence-corrected chi connectivity index (χ1v) is 18.8. The Morgan fingerprint density at radius 3 is 1.82 bits per heavy atom. The van der Waals surface area contributed by atoms with Crippen LogP contribution < -0.4 is 0 Å². The third-order valence-corrected chi connectivity index (χ3v) is 13.3. The molecule has 1 N–H and O–H groups in total. The summed E-state index contributed by atoms with van der Waals surface area (Å²) >= 11 is 0. The zero-order valence-corrected chi connectivity index (χ0v) is 26.5. The molecule has 0 saturated heterocycles. The minimum absolute atomic E-state index is 0.0169. The summed E-state index contributed by atoms with van der Waals surface area (Å²) in [6.07, 6.45) is 1.69. The molecular formula is C27H55NO4Si2. The van der Waals surface area contributed by atoms with Crippen LogP contribution in [0.1, 0.15) is 88.5 Å². The first kappa shape index (κ1) is 33.2. The van der Waals surface area contributed by atoms with Crippen molar-refractivity contribution in [3.8, 4) is 11.5 Å². The van der Waals surface area contributed by atoms with E-state index in [0.717, 1.165) is 12.8 Å². The zero-order valence-electron chi connectivity index (χ0n) is 24.5. The van der Waals surface area contributed by atoms with E-state index >= 15 is 0 Å². The third kappa shape index (κ3) is 10.8. The van der Waals surface area contributed by atoms with Crippen molar-refractivity contribution >= 4 is 22.5 Å². The minimum atomic E-state index is -1.93. The van der Waals surface area contributed by atoms with E-state index in [0.29, 0.717) is 29.7 Å². The van der Waals surface area contributed by atoms with Gasteiger partial charge in [0.1, 0.15) is 13.7 Å². The van der Waals surface area contributed by atoms with E-state index in [1.54, 1.807) is 4.90 Å². The molecular weight excluding hydrogens is 458 g/mol. The highest BCUT2D eigenvalue weighted by molar-refractivity contribution is 6.83. The average molecular weight is 514 g/mol. The number of rotatable bonds is 12. The van der Waals surface area contributed by atoms with Gasteiger partial charge in [-0.05, 0) is 63.6 Å². The summed E-state index contributed by atoms with van der Waals surface area (Å²) in [7, 11) is -3.57. The second-order valence-corrected chi connectivity index (χ2v) is 22.8. The lowest BCUT2D eigenvalue weighted by molar-refractivity contribution is 0.00866. The number of hydrogen-bond acceptors (Lipinski definition) is 4. The van der Waals surface area contributed by atoms with Crippen LogP contribution in [0.25, 0.3) is 0 Å². The number of carbonyl (C=O) groups excluding carboxylic acids is 1. The van der Waals surface area contributed by atoms with Crippen LogP contribution in [-0.2, 0) is 9.16 Å². The fraction of sp³-hybridized carbons (Fsp3) is 0.889. The lowest BCUT2D eigenvalue weighted by atomic mass is 10.1. The number of nitrogens with zero attached hydrogens (tertiary/aromatic N) is 1. The van der Waals surface area contributed by atoms with Gasteiger partial charge in [0.05, 0.1) is 6.04 Å². The Kier molecular flexibility index (Phi) is 13.7. The summed E-state index contributed by atoms with van der Waals surface area (Å²) in [5.41, 5.74) is 4.50. The molecule has 5 nitrogen and oxygen atoms in total. The van der Waals surface area contributed by atoms with Gasteiger partial charge in [-0.1, -0.05) is 67.1 Å². The molecule has 0 saturated carbocycles. The molecule has 0 aromatic rings. The molecule has 0 unspecified atom stereocenters. The first-order valence-electron chi connectivity index (χ1n) is 13.2. The summed E-state index contributed by atoms with van der Waals surface area (Å²) < 4.78 is 12.5. The Labute approximate surface area is 213 Å². The van der Waals surface area contributed by atoms with Gasteiger partial charge in [0.25, 0.3) is 0 Å². The molecule has 0 radical (unpaired) electrons. The normalized spacial score (nSPS) is 14.7. The number of ether oxygens (including phenoxy) is 1. The average Bonchev–Trinajstić information content (AvgIpc) is 2.62. The van der Waals surface area contributed by atoms with Crippen LogP contribution in [0.15, 0.2) is 0 Å². The minimum Gasteiger partial charge on any atom is -0.444 e. The fourth-order valence-electron chi connectivity index (χ4n) is 4.86. The van der Waals surface area contributed by atoms with E-state index in [1.807, 2.05) is 27.7 Å². The predicted octanol–water partition coefficient (Wildman–Crippen LogP) is 7.22. The molecule has 7 heteroatoms. The van der Waals surface area contributed by atoms with E-state index in [4.69, 9.17) is 9.16 Å². The molecule has 0 aliphatic carbocycles. The van der Waals surface area contributed by atoms with Crippen molar-refractivity contribution < 1.29 is 19.1 Å². The third-order valence-electron chi connectivity index (χ3n) is 6.26. The molecule has 0 heterocycles. The lowest BCUT2D eigenvalue weighted by Gasteiger charge is -2.42. The molecule has 0 aliphatic rings. The van der Waals surface area contributed by atoms with Crippen molar-refractivity contribution in [1.29, 1.82) is 0 Å². The van der Waals surface area contributed by atoms with E-state index in [9.17, 15) is 9.90 Å². The van der Waals surface area contributed by atoms with Crippen molar-refractivity contribution in [3.63, 3.8) is 0 Å².